The highest BCUT2D eigenvalue weighted by atomic mass is 35.5. The summed E-state index contributed by atoms with van der Waals surface area (Å²) in [5, 5.41) is 1.41. The van der Waals surface area contributed by atoms with E-state index in [1.165, 1.54) is 0 Å². The zero-order valence-electron chi connectivity index (χ0n) is 18.5. The molecule has 0 atom stereocenters. The van der Waals surface area contributed by atoms with Gasteiger partial charge >= 0.3 is 11.9 Å². The standard InChI is InChI=1S/C26H32Cl2O4/c27-23-13-9-21(10-14-23)17-19-31-25(29)7-5-3-1-2-4-6-8-26(30)32-20-18-22-11-15-24(28)16-12-22/h9-16H,1-8,17-20H2. The topological polar surface area (TPSA) is 52.6 Å². The van der Waals surface area contributed by atoms with Crippen LogP contribution in [-0.2, 0) is 31.9 Å². The maximum absolute atomic E-state index is 11.8. The van der Waals surface area contributed by atoms with Crippen molar-refractivity contribution in [3.8, 4) is 0 Å². The maximum atomic E-state index is 11.8. The van der Waals surface area contributed by atoms with E-state index in [1.807, 2.05) is 48.5 Å². The first-order valence-corrected chi connectivity index (χ1v) is 12.1. The zero-order valence-corrected chi connectivity index (χ0v) is 20.0. The van der Waals surface area contributed by atoms with Crippen molar-refractivity contribution >= 4 is 35.1 Å². The highest BCUT2D eigenvalue weighted by molar-refractivity contribution is 6.30. The van der Waals surface area contributed by atoms with E-state index in [0.29, 0.717) is 48.9 Å². The van der Waals surface area contributed by atoms with Crippen LogP contribution in [0.5, 0.6) is 0 Å². The lowest BCUT2D eigenvalue weighted by molar-refractivity contribution is -0.144. The average Bonchev–Trinajstić information content (AvgIpc) is 2.78. The van der Waals surface area contributed by atoms with Crippen LogP contribution < -0.4 is 0 Å². The first-order valence-electron chi connectivity index (χ1n) is 11.3. The van der Waals surface area contributed by atoms with Crippen LogP contribution in [0.1, 0.15) is 62.5 Å². The molecule has 2 rings (SSSR count). The lowest BCUT2D eigenvalue weighted by atomic mass is 10.1. The van der Waals surface area contributed by atoms with E-state index in [4.69, 9.17) is 32.7 Å². The number of benzene rings is 2. The molecule has 0 spiro atoms. The Morgan fingerprint density at radius 2 is 0.906 bits per heavy atom. The smallest absolute Gasteiger partial charge is 0.305 e. The Balaban J connectivity index is 1.37. The van der Waals surface area contributed by atoms with Crippen LogP contribution in [0, 0.1) is 0 Å². The highest BCUT2D eigenvalue weighted by Gasteiger charge is 2.05. The molecule has 0 saturated heterocycles. The van der Waals surface area contributed by atoms with E-state index in [1.54, 1.807) is 0 Å². The van der Waals surface area contributed by atoms with Gasteiger partial charge in [-0.25, -0.2) is 0 Å². The van der Waals surface area contributed by atoms with Crippen molar-refractivity contribution in [1.82, 2.24) is 0 Å². The number of carbonyl (C=O) groups excluding carboxylic acids is 2. The van der Waals surface area contributed by atoms with Crippen molar-refractivity contribution in [3.63, 3.8) is 0 Å². The molecule has 0 radical (unpaired) electrons. The number of hydrogen-bond donors (Lipinski definition) is 0. The van der Waals surface area contributed by atoms with Gasteiger partial charge in [-0.05, 0) is 48.2 Å². The number of rotatable bonds is 15. The second-order valence-corrected chi connectivity index (χ2v) is 8.69. The SMILES string of the molecule is O=C(CCCCCCCCC(=O)OCCc1ccc(Cl)cc1)OCCc1ccc(Cl)cc1. The van der Waals surface area contributed by atoms with Crippen LogP contribution in [0.15, 0.2) is 48.5 Å². The molecule has 0 unspecified atom stereocenters. The van der Waals surface area contributed by atoms with Crippen molar-refractivity contribution in [2.75, 3.05) is 13.2 Å². The van der Waals surface area contributed by atoms with E-state index in [9.17, 15) is 9.59 Å². The van der Waals surface area contributed by atoms with Crippen LogP contribution in [0.25, 0.3) is 0 Å². The van der Waals surface area contributed by atoms with Gasteiger partial charge in [0.05, 0.1) is 13.2 Å². The quantitative estimate of drug-likeness (QED) is 0.204. The number of esters is 2. The van der Waals surface area contributed by atoms with E-state index < -0.39 is 0 Å². The fourth-order valence-electron chi connectivity index (χ4n) is 3.26. The molecular formula is C26H32Cl2O4. The Morgan fingerprint density at radius 3 is 1.28 bits per heavy atom. The third-order valence-electron chi connectivity index (χ3n) is 5.15. The average molecular weight is 479 g/mol. The number of unbranched alkanes of at least 4 members (excludes halogenated alkanes) is 5. The summed E-state index contributed by atoms with van der Waals surface area (Å²) in [6.45, 7) is 0.798. The van der Waals surface area contributed by atoms with Crippen molar-refractivity contribution in [1.29, 1.82) is 0 Å². The lowest BCUT2D eigenvalue weighted by Gasteiger charge is -2.06. The molecule has 32 heavy (non-hydrogen) atoms. The van der Waals surface area contributed by atoms with Crippen LogP contribution in [0.3, 0.4) is 0 Å². The van der Waals surface area contributed by atoms with Gasteiger partial charge in [-0.3, -0.25) is 9.59 Å². The third kappa shape index (κ3) is 12.1. The molecule has 6 heteroatoms. The Kier molecular flexibility index (Phi) is 12.9. The summed E-state index contributed by atoms with van der Waals surface area (Å²) >= 11 is 11.7. The first-order chi connectivity index (χ1) is 15.5. The molecule has 0 aromatic heterocycles. The van der Waals surface area contributed by atoms with Gasteiger partial charge in [0, 0.05) is 35.7 Å². The molecule has 0 aliphatic carbocycles. The molecular weight excluding hydrogens is 447 g/mol. The van der Waals surface area contributed by atoms with Crippen molar-refractivity contribution in [2.24, 2.45) is 0 Å². The fraction of sp³-hybridized carbons (Fsp3) is 0.462. The Labute approximate surface area is 201 Å². The van der Waals surface area contributed by atoms with E-state index in [-0.39, 0.29) is 11.9 Å². The van der Waals surface area contributed by atoms with E-state index >= 15 is 0 Å². The molecule has 0 aliphatic heterocycles. The van der Waals surface area contributed by atoms with E-state index in [0.717, 1.165) is 49.7 Å². The summed E-state index contributed by atoms with van der Waals surface area (Å²) in [4.78, 5) is 23.6. The molecule has 0 amide bonds. The molecule has 2 aromatic carbocycles. The maximum Gasteiger partial charge on any atom is 0.305 e. The fourth-order valence-corrected chi connectivity index (χ4v) is 3.51. The number of hydrogen-bond acceptors (Lipinski definition) is 4. The van der Waals surface area contributed by atoms with Gasteiger partial charge < -0.3 is 9.47 Å². The number of ether oxygens (including phenoxy) is 2. The highest BCUT2D eigenvalue weighted by Crippen LogP contribution is 2.12. The van der Waals surface area contributed by atoms with Gasteiger partial charge in [0.2, 0.25) is 0 Å². The number of carbonyl (C=O) groups is 2. The van der Waals surface area contributed by atoms with Gasteiger partial charge in [-0.2, -0.15) is 0 Å². The van der Waals surface area contributed by atoms with Gasteiger partial charge in [-0.1, -0.05) is 73.2 Å². The number of halogens is 2. The summed E-state index contributed by atoms with van der Waals surface area (Å²) in [6, 6.07) is 15.1. The molecule has 0 N–H and O–H groups in total. The predicted octanol–water partition coefficient (Wildman–Crippen LogP) is 6.99. The summed E-state index contributed by atoms with van der Waals surface area (Å²) in [6.07, 6.45) is 8.11. The molecule has 0 bridgehead atoms. The molecule has 0 fully saturated rings. The normalized spacial score (nSPS) is 10.7. The first kappa shape index (κ1) is 26.2. The van der Waals surface area contributed by atoms with Gasteiger partial charge in [-0.15, -0.1) is 0 Å². The minimum atomic E-state index is -0.139. The zero-order chi connectivity index (χ0) is 23.0. The summed E-state index contributed by atoms with van der Waals surface area (Å²) in [7, 11) is 0. The summed E-state index contributed by atoms with van der Waals surface area (Å²) in [5.74, 6) is -0.277. The lowest BCUT2D eigenvalue weighted by Crippen LogP contribution is -2.07. The van der Waals surface area contributed by atoms with Gasteiger partial charge in [0.15, 0.2) is 0 Å². The van der Waals surface area contributed by atoms with Crippen molar-refractivity contribution in [2.45, 2.75) is 64.2 Å². The third-order valence-corrected chi connectivity index (χ3v) is 5.65. The molecule has 174 valence electrons. The van der Waals surface area contributed by atoms with Crippen LogP contribution >= 0.6 is 23.2 Å². The minimum absolute atomic E-state index is 0.139. The van der Waals surface area contributed by atoms with Crippen LogP contribution in [-0.4, -0.2) is 25.2 Å². The van der Waals surface area contributed by atoms with Gasteiger partial charge in [0.1, 0.15) is 0 Å². The Bertz CT molecular complexity index is 734. The molecule has 0 aliphatic rings. The van der Waals surface area contributed by atoms with Gasteiger partial charge in [0.25, 0.3) is 0 Å². The molecule has 0 heterocycles. The van der Waals surface area contributed by atoms with Crippen molar-refractivity contribution < 1.29 is 19.1 Å². The summed E-state index contributed by atoms with van der Waals surface area (Å²) < 4.78 is 10.6. The monoisotopic (exact) mass is 478 g/mol. The summed E-state index contributed by atoms with van der Waals surface area (Å²) in [5.41, 5.74) is 2.21. The second-order valence-electron chi connectivity index (χ2n) is 7.82. The molecule has 2 aromatic rings. The minimum Gasteiger partial charge on any atom is -0.465 e. The van der Waals surface area contributed by atoms with Crippen LogP contribution in [0.2, 0.25) is 10.0 Å². The molecule has 4 nitrogen and oxygen atoms in total. The predicted molar refractivity (Wildman–Crippen MR) is 129 cm³/mol. The second kappa shape index (κ2) is 15.7. The van der Waals surface area contributed by atoms with E-state index in [2.05, 4.69) is 0 Å². The Morgan fingerprint density at radius 1 is 0.562 bits per heavy atom. The molecule has 0 saturated carbocycles. The van der Waals surface area contributed by atoms with Crippen molar-refractivity contribution in [3.05, 3.63) is 69.7 Å². The Hall–Kier alpha value is -2.04. The largest absolute Gasteiger partial charge is 0.465 e. The van der Waals surface area contributed by atoms with Crippen LogP contribution in [0.4, 0.5) is 0 Å².